The van der Waals surface area contributed by atoms with Crippen LogP contribution in [0.25, 0.3) is 0 Å². The average Bonchev–Trinajstić information content (AvgIpc) is 3.23. The van der Waals surface area contributed by atoms with Crippen LogP contribution < -0.4 is 0 Å². The Kier molecular flexibility index (Phi) is 47.2. The molecule has 6 nitrogen and oxygen atoms in total. The number of hydrogen-bond acceptors (Lipinski definition) is 6. The van der Waals surface area contributed by atoms with Crippen molar-refractivity contribution in [3.8, 4) is 0 Å². The van der Waals surface area contributed by atoms with Gasteiger partial charge in [0.05, 0.1) is 0 Å². The van der Waals surface area contributed by atoms with E-state index in [1.165, 1.54) is 199 Å². The van der Waals surface area contributed by atoms with Crippen LogP contribution in [0.4, 0.5) is 0 Å². The quantitative estimate of drug-likeness (QED) is 0.0345. The lowest BCUT2D eigenvalue weighted by Crippen LogP contribution is -2.30. The van der Waals surface area contributed by atoms with Gasteiger partial charge in [0.25, 0.3) is 0 Å². The first-order valence-electron chi connectivity index (χ1n) is 26.9. The number of carbonyl (C=O) groups is 3. The molecule has 0 aromatic carbocycles. The molecule has 356 valence electrons. The van der Waals surface area contributed by atoms with E-state index < -0.39 is 6.10 Å². The van der Waals surface area contributed by atoms with Crippen molar-refractivity contribution in [2.24, 2.45) is 5.92 Å². The summed E-state index contributed by atoms with van der Waals surface area (Å²) in [5.74, 6) is 0.0146. The predicted octanol–water partition coefficient (Wildman–Crippen LogP) is 17.5. The maximum Gasteiger partial charge on any atom is 0.306 e. The van der Waals surface area contributed by atoms with Gasteiger partial charge in [-0.3, -0.25) is 14.4 Å². The fourth-order valence-corrected chi connectivity index (χ4v) is 8.22. The van der Waals surface area contributed by atoms with E-state index >= 15 is 0 Å². The molecule has 0 amide bonds. The molecule has 0 rings (SSSR count). The molecule has 1 atom stereocenters. The molecule has 60 heavy (non-hydrogen) atoms. The van der Waals surface area contributed by atoms with E-state index in [0.29, 0.717) is 19.3 Å². The lowest BCUT2D eigenvalue weighted by Gasteiger charge is -2.18. The average molecular weight is 849 g/mol. The Balaban J connectivity index is 4.16. The Labute approximate surface area is 374 Å². The van der Waals surface area contributed by atoms with E-state index in [1.807, 2.05) is 0 Å². The van der Waals surface area contributed by atoms with Crippen LogP contribution in [-0.4, -0.2) is 37.2 Å². The molecule has 0 aliphatic rings. The number of rotatable bonds is 49. The predicted molar refractivity (Wildman–Crippen MR) is 257 cm³/mol. The van der Waals surface area contributed by atoms with E-state index in [2.05, 4.69) is 27.7 Å². The zero-order valence-electron chi connectivity index (χ0n) is 40.9. The molecular weight excluding hydrogens is 745 g/mol. The number of esters is 3. The number of carbonyl (C=O) groups excluding carboxylic acids is 3. The molecule has 0 aromatic rings. The van der Waals surface area contributed by atoms with E-state index in [4.69, 9.17) is 14.2 Å². The normalized spacial score (nSPS) is 11.9. The summed E-state index contributed by atoms with van der Waals surface area (Å²) in [4.78, 5) is 37.9. The Morgan fingerprint density at radius 1 is 0.317 bits per heavy atom. The highest BCUT2D eigenvalue weighted by Gasteiger charge is 2.19. The summed E-state index contributed by atoms with van der Waals surface area (Å²) in [5.41, 5.74) is 0. The second kappa shape index (κ2) is 48.4. The third-order valence-electron chi connectivity index (χ3n) is 12.3. The highest BCUT2D eigenvalue weighted by Crippen LogP contribution is 2.17. The highest BCUT2D eigenvalue weighted by molar-refractivity contribution is 5.71. The minimum Gasteiger partial charge on any atom is -0.462 e. The molecule has 0 N–H and O–H groups in total. The lowest BCUT2D eigenvalue weighted by molar-refractivity contribution is -0.167. The van der Waals surface area contributed by atoms with Gasteiger partial charge in [0.1, 0.15) is 13.2 Å². The van der Waals surface area contributed by atoms with Crippen LogP contribution in [0.3, 0.4) is 0 Å². The van der Waals surface area contributed by atoms with E-state index in [1.54, 1.807) is 0 Å². The summed E-state index contributed by atoms with van der Waals surface area (Å²) < 4.78 is 16.8. The van der Waals surface area contributed by atoms with Crippen molar-refractivity contribution in [1.29, 1.82) is 0 Å². The van der Waals surface area contributed by atoms with Crippen LogP contribution in [0.1, 0.15) is 304 Å². The van der Waals surface area contributed by atoms with E-state index in [0.717, 1.165) is 63.7 Å². The second-order valence-corrected chi connectivity index (χ2v) is 19.0. The summed E-state index contributed by atoms with van der Waals surface area (Å²) >= 11 is 0. The van der Waals surface area contributed by atoms with Gasteiger partial charge >= 0.3 is 17.9 Å². The topological polar surface area (TPSA) is 78.9 Å². The van der Waals surface area contributed by atoms with Crippen molar-refractivity contribution in [3.05, 3.63) is 0 Å². The first-order chi connectivity index (χ1) is 29.4. The number of unbranched alkanes of at least 4 members (excludes halogenated alkanes) is 36. The maximum absolute atomic E-state index is 12.7. The highest BCUT2D eigenvalue weighted by atomic mass is 16.6. The molecule has 6 heteroatoms. The smallest absolute Gasteiger partial charge is 0.306 e. The molecule has 0 aliphatic carbocycles. The van der Waals surface area contributed by atoms with E-state index in [9.17, 15) is 14.4 Å². The summed E-state index contributed by atoms with van der Waals surface area (Å²) in [6, 6.07) is 0. The number of hydrogen-bond donors (Lipinski definition) is 0. The molecule has 0 heterocycles. The Morgan fingerprint density at radius 3 is 0.817 bits per heavy atom. The van der Waals surface area contributed by atoms with Crippen LogP contribution in [0.15, 0.2) is 0 Å². The summed E-state index contributed by atoms with van der Waals surface area (Å²) in [7, 11) is 0. The number of ether oxygens (including phenoxy) is 3. The fourth-order valence-electron chi connectivity index (χ4n) is 8.22. The van der Waals surface area contributed by atoms with Gasteiger partial charge in [-0.05, 0) is 25.2 Å². The third-order valence-corrected chi connectivity index (χ3v) is 12.3. The Morgan fingerprint density at radius 2 is 0.550 bits per heavy atom. The molecule has 0 radical (unpaired) electrons. The summed E-state index contributed by atoms with van der Waals surface area (Å²) in [6.07, 6.45) is 51.0. The SMILES string of the molecule is CCCCCCCCCCCCCC(=O)OC[C@@H](COC(=O)CCCCCCCCCCCCCCCCCCCCC(C)C)OC(=O)CCCCCCCCCCCC. The molecular formula is C54H104O6. The van der Waals surface area contributed by atoms with Gasteiger partial charge in [0.2, 0.25) is 0 Å². The van der Waals surface area contributed by atoms with Crippen LogP contribution in [0.2, 0.25) is 0 Å². The van der Waals surface area contributed by atoms with Gasteiger partial charge in [-0.15, -0.1) is 0 Å². The Hall–Kier alpha value is -1.59. The molecule has 0 aromatic heterocycles. The van der Waals surface area contributed by atoms with Crippen LogP contribution in [0, 0.1) is 5.92 Å². The zero-order valence-corrected chi connectivity index (χ0v) is 40.9. The molecule has 0 saturated heterocycles. The van der Waals surface area contributed by atoms with Crippen molar-refractivity contribution in [2.45, 2.75) is 310 Å². The minimum absolute atomic E-state index is 0.0625. The van der Waals surface area contributed by atoms with Crippen LogP contribution >= 0.6 is 0 Å². The fraction of sp³-hybridized carbons (Fsp3) is 0.944. The van der Waals surface area contributed by atoms with Crippen molar-refractivity contribution in [3.63, 3.8) is 0 Å². The van der Waals surface area contributed by atoms with Crippen LogP contribution in [-0.2, 0) is 28.6 Å². The maximum atomic E-state index is 12.7. The minimum atomic E-state index is -0.759. The van der Waals surface area contributed by atoms with Gasteiger partial charge in [0, 0.05) is 19.3 Å². The van der Waals surface area contributed by atoms with Crippen molar-refractivity contribution in [2.75, 3.05) is 13.2 Å². The summed E-state index contributed by atoms with van der Waals surface area (Å²) in [6.45, 7) is 9.03. The molecule has 0 bridgehead atoms. The van der Waals surface area contributed by atoms with Gasteiger partial charge in [-0.2, -0.15) is 0 Å². The zero-order chi connectivity index (χ0) is 43.8. The first-order valence-corrected chi connectivity index (χ1v) is 26.9. The molecule has 0 unspecified atom stereocenters. The van der Waals surface area contributed by atoms with Gasteiger partial charge in [-0.25, -0.2) is 0 Å². The lowest BCUT2D eigenvalue weighted by atomic mass is 10.0. The largest absolute Gasteiger partial charge is 0.462 e. The van der Waals surface area contributed by atoms with Crippen LogP contribution in [0.5, 0.6) is 0 Å². The molecule has 0 fully saturated rings. The van der Waals surface area contributed by atoms with Crippen molar-refractivity contribution >= 4 is 17.9 Å². The Bertz CT molecular complexity index is 903. The third kappa shape index (κ3) is 47.5. The second-order valence-electron chi connectivity index (χ2n) is 19.0. The molecule has 0 spiro atoms. The molecule has 0 saturated carbocycles. The first kappa shape index (κ1) is 58.4. The van der Waals surface area contributed by atoms with Gasteiger partial charge in [0.15, 0.2) is 6.10 Å². The van der Waals surface area contributed by atoms with Crippen molar-refractivity contribution in [1.82, 2.24) is 0 Å². The summed E-state index contributed by atoms with van der Waals surface area (Å²) in [5, 5.41) is 0. The van der Waals surface area contributed by atoms with Gasteiger partial charge in [-0.1, -0.05) is 265 Å². The van der Waals surface area contributed by atoms with E-state index in [-0.39, 0.29) is 31.1 Å². The molecule has 0 aliphatic heterocycles. The standard InChI is InChI=1S/C54H104O6/c1-5-7-9-11-13-15-25-30-33-37-41-45-52(55)58-48-51(60-54(57)47-43-39-35-29-16-14-12-10-8-6-2)49-59-53(56)46-42-38-34-31-27-24-22-20-18-17-19-21-23-26-28-32-36-40-44-50(3)4/h50-51H,5-49H2,1-4H3/t51-/m0/s1. The van der Waals surface area contributed by atoms with Crippen molar-refractivity contribution < 1.29 is 28.6 Å². The monoisotopic (exact) mass is 849 g/mol. The van der Waals surface area contributed by atoms with Gasteiger partial charge < -0.3 is 14.2 Å².